The van der Waals surface area contributed by atoms with E-state index in [1.54, 1.807) is 17.1 Å². The molecule has 2 unspecified atom stereocenters. The summed E-state index contributed by atoms with van der Waals surface area (Å²) in [6.45, 7) is 5.81. The van der Waals surface area contributed by atoms with Crippen molar-refractivity contribution < 1.29 is 0 Å². The predicted molar refractivity (Wildman–Crippen MR) is 86.9 cm³/mol. The molecule has 1 fully saturated rings. The molecule has 0 saturated heterocycles. The maximum Gasteiger partial charge on any atom is 0.191 e. The largest absolute Gasteiger partial charge is 0.357 e. The van der Waals surface area contributed by atoms with Crippen LogP contribution in [0.15, 0.2) is 41.8 Å². The first kappa shape index (κ1) is 14.6. The molecule has 0 radical (unpaired) electrons. The summed E-state index contributed by atoms with van der Waals surface area (Å²) in [4.78, 5) is 8.99. The van der Waals surface area contributed by atoms with Crippen molar-refractivity contribution in [2.24, 2.45) is 10.9 Å². The average Bonchev–Trinajstić information content (AvgIpc) is 3.02. The molecule has 3 rings (SSSR count). The topological polar surface area (TPSA) is 67.1 Å². The highest BCUT2D eigenvalue weighted by molar-refractivity contribution is 5.80. The van der Waals surface area contributed by atoms with Crippen LogP contribution < -0.4 is 10.6 Å². The number of guanidine groups is 1. The fourth-order valence-electron chi connectivity index (χ4n) is 2.28. The van der Waals surface area contributed by atoms with Gasteiger partial charge in [-0.05, 0) is 43.0 Å². The van der Waals surface area contributed by atoms with Gasteiger partial charge in [0.2, 0.25) is 0 Å². The van der Waals surface area contributed by atoms with Gasteiger partial charge in [-0.3, -0.25) is 0 Å². The van der Waals surface area contributed by atoms with Gasteiger partial charge in [0.15, 0.2) is 11.8 Å². The molecule has 0 aromatic carbocycles. The van der Waals surface area contributed by atoms with Crippen molar-refractivity contribution in [1.29, 1.82) is 0 Å². The summed E-state index contributed by atoms with van der Waals surface area (Å²) >= 11 is 0. The third kappa shape index (κ3) is 3.63. The number of pyridine rings is 1. The molecule has 6 nitrogen and oxygen atoms in total. The lowest BCUT2D eigenvalue weighted by Crippen LogP contribution is -2.39. The molecule has 22 heavy (non-hydrogen) atoms. The maximum absolute atomic E-state index is 4.66. The van der Waals surface area contributed by atoms with E-state index in [1.165, 1.54) is 6.42 Å². The number of nitrogens with zero attached hydrogens (tertiary/aromatic N) is 4. The molecule has 2 heterocycles. The second-order valence-corrected chi connectivity index (χ2v) is 5.63. The summed E-state index contributed by atoms with van der Waals surface area (Å²) in [5.41, 5.74) is 1.11. The van der Waals surface area contributed by atoms with Gasteiger partial charge in [-0.2, -0.15) is 5.10 Å². The molecular formula is C16H22N6. The number of aliphatic imine (C=N–C) groups is 1. The number of aromatic nitrogens is 3. The number of nitrogens with one attached hydrogen (secondary N) is 2. The minimum atomic E-state index is 0.565. The van der Waals surface area contributed by atoms with Gasteiger partial charge in [-0.25, -0.2) is 14.7 Å². The quantitative estimate of drug-likeness (QED) is 0.652. The van der Waals surface area contributed by atoms with Crippen LogP contribution in [0.5, 0.6) is 0 Å². The van der Waals surface area contributed by atoms with Gasteiger partial charge in [0.1, 0.15) is 0 Å². The summed E-state index contributed by atoms with van der Waals surface area (Å²) < 4.78 is 1.75. The Labute approximate surface area is 130 Å². The molecule has 2 aromatic rings. The Bertz CT molecular complexity index is 634. The molecule has 2 aromatic heterocycles. The highest BCUT2D eigenvalue weighted by atomic mass is 15.3. The Hall–Kier alpha value is -2.37. The Balaban J connectivity index is 1.68. The molecule has 6 heteroatoms. The summed E-state index contributed by atoms with van der Waals surface area (Å²) in [5, 5.41) is 11.0. The van der Waals surface area contributed by atoms with Crippen LogP contribution in [0, 0.1) is 5.92 Å². The second kappa shape index (κ2) is 6.60. The molecule has 1 aliphatic carbocycles. The molecule has 0 aliphatic heterocycles. The van der Waals surface area contributed by atoms with Crippen LogP contribution in [-0.2, 0) is 6.54 Å². The molecule has 116 valence electrons. The zero-order valence-electron chi connectivity index (χ0n) is 13.0. The zero-order chi connectivity index (χ0) is 15.4. The smallest absolute Gasteiger partial charge is 0.191 e. The molecule has 1 aliphatic rings. The van der Waals surface area contributed by atoms with Crippen LogP contribution >= 0.6 is 0 Å². The molecule has 0 spiro atoms. The van der Waals surface area contributed by atoms with Gasteiger partial charge < -0.3 is 10.6 Å². The Morgan fingerprint density at radius 3 is 3.00 bits per heavy atom. The summed E-state index contributed by atoms with van der Waals surface area (Å²) in [5.74, 6) is 2.44. The van der Waals surface area contributed by atoms with Crippen molar-refractivity contribution in [2.45, 2.75) is 32.9 Å². The molecule has 0 amide bonds. The van der Waals surface area contributed by atoms with E-state index in [-0.39, 0.29) is 0 Å². The zero-order valence-corrected chi connectivity index (χ0v) is 13.0. The molecule has 1 saturated carbocycles. The van der Waals surface area contributed by atoms with Gasteiger partial charge in [-0.15, -0.1) is 0 Å². The standard InChI is InChI=1S/C16H22N6/c1-3-17-16(21-14-9-12(14)2)19-11-13-5-7-18-15(10-13)22-8-4-6-20-22/h4-8,10,12,14H,3,9,11H2,1-2H3,(H2,17,19,21). The molecular weight excluding hydrogens is 276 g/mol. The van der Waals surface area contributed by atoms with Crippen LogP contribution in [0.4, 0.5) is 0 Å². The van der Waals surface area contributed by atoms with Gasteiger partial charge in [0, 0.05) is 31.2 Å². The van der Waals surface area contributed by atoms with E-state index >= 15 is 0 Å². The van der Waals surface area contributed by atoms with Crippen LogP contribution in [0.25, 0.3) is 5.82 Å². The van der Waals surface area contributed by atoms with Crippen molar-refractivity contribution in [3.05, 3.63) is 42.4 Å². The van der Waals surface area contributed by atoms with Gasteiger partial charge in [0.05, 0.1) is 6.54 Å². The summed E-state index contributed by atoms with van der Waals surface area (Å²) in [6, 6.07) is 6.45. The molecule has 2 atom stereocenters. The second-order valence-electron chi connectivity index (χ2n) is 5.63. The maximum atomic E-state index is 4.66. The summed E-state index contributed by atoms with van der Waals surface area (Å²) in [7, 11) is 0. The van der Waals surface area contributed by atoms with E-state index in [0.29, 0.717) is 12.6 Å². The average molecular weight is 298 g/mol. The number of hydrogen-bond acceptors (Lipinski definition) is 3. The van der Waals surface area contributed by atoms with Crippen LogP contribution in [0.1, 0.15) is 25.8 Å². The van der Waals surface area contributed by atoms with Crippen molar-refractivity contribution in [3.63, 3.8) is 0 Å². The van der Waals surface area contributed by atoms with E-state index in [4.69, 9.17) is 0 Å². The minimum Gasteiger partial charge on any atom is -0.357 e. The first-order valence-electron chi connectivity index (χ1n) is 7.76. The van der Waals surface area contributed by atoms with E-state index in [1.807, 2.05) is 24.4 Å². The molecule has 2 N–H and O–H groups in total. The number of hydrogen-bond donors (Lipinski definition) is 2. The van der Waals surface area contributed by atoms with Crippen molar-refractivity contribution >= 4 is 5.96 Å². The normalized spacial score (nSPS) is 20.7. The first-order valence-corrected chi connectivity index (χ1v) is 7.76. The SMILES string of the molecule is CCNC(=NCc1ccnc(-n2cccn2)c1)NC1CC1C. The van der Waals surface area contributed by atoms with E-state index in [0.717, 1.165) is 29.8 Å². The van der Waals surface area contributed by atoms with E-state index in [2.05, 4.69) is 39.6 Å². The summed E-state index contributed by atoms with van der Waals surface area (Å²) in [6.07, 6.45) is 6.65. The lowest BCUT2D eigenvalue weighted by atomic mass is 10.2. The van der Waals surface area contributed by atoms with Gasteiger partial charge in [-0.1, -0.05) is 6.92 Å². The minimum absolute atomic E-state index is 0.565. The molecule has 0 bridgehead atoms. The monoisotopic (exact) mass is 298 g/mol. The van der Waals surface area contributed by atoms with Crippen molar-refractivity contribution in [2.75, 3.05) is 6.54 Å². The fourth-order valence-corrected chi connectivity index (χ4v) is 2.28. The number of rotatable bonds is 5. The fraction of sp³-hybridized carbons (Fsp3) is 0.438. The van der Waals surface area contributed by atoms with Crippen LogP contribution in [0.2, 0.25) is 0 Å². The Kier molecular flexibility index (Phi) is 4.37. The third-order valence-electron chi connectivity index (χ3n) is 3.74. The van der Waals surface area contributed by atoms with Gasteiger partial charge in [0.25, 0.3) is 0 Å². The predicted octanol–water partition coefficient (Wildman–Crippen LogP) is 1.73. The first-order chi connectivity index (χ1) is 10.8. The Morgan fingerprint density at radius 1 is 1.45 bits per heavy atom. The van der Waals surface area contributed by atoms with Crippen LogP contribution in [-0.4, -0.2) is 33.3 Å². The van der Waals surface area contributed by atoms with Crippen LogP contribution in [0.3, 0.4) is 0 Å². The van der Waals surface area contributed by atoms with Crippen molar-refractivity contribution in [1.82, 2.24) is 25.4 Å². The highest BCUT2D eigenvalue weighted by Crippen LogP contribution is 2.28. The lowest BCUT2D eigenvalue weighted by Gasteiger charge is -2.11. The Morgan fingerprint density at radius 2 is 2.32 bits per heavy atom. The van der Waals surface area contributed by atoms with Crippen molar-refractivity contribution in [3.8, 4) is 5.82 Å². The van der Waals surface area contributed by atoms with E-state index in [9.17, 15) is 0 Å². The third-order valence-corrected chi connectivity index (χ3v) is 3.74. The van der Waals surface area contributed by atoms with E-state index < -0.39 is 0 Å². The van der Waals surface area contributed by atoms with Gasteiger partial charge >= 0.3 is 0 Å². The lowest BCUT2D eigenvalue weighted by molar-refractivity contribution is 0.766. The highest BCUT2D eigenvalue weighted by Gasteiger charge is 2.33.